The molecule has 1 rings (SSSR count). The zero-order chi connectivity index (χ0) is 14.6. The van der Waals surface area contributed by atoms with Gasteiger partial charge in [-0.25, -0.2) is 17.2 Å². The van der Waals surface area contributed by atoms with E-state index in [2.05, 4.69) is 0 Å². The summed E-state index contributed by atoms with van der Waals surface area (Å²) in [6.07, 6.45) is -0.0935. The molecule has 1 atom stereocenters. The van der Waals surface area contributed by atoms with Crippen molar-refractivity contribution in [3.8, 4) is 0 Å². The summed E-state index contributed by atoms with van der Waals surface area (Å²) in [5.74, 6) is -1.37. The van der Waals surface area contributed by atoms with Gasteiger partial charge in [-0.3, -0.25) is 0 Å². The maximum Gasteiger partial charge on any atom is 0.148 e. The van der Waals surface area contributed by atoms with Gasteiger partial charge in [0.05, 0.1) is 11.9 Å². The van der Waals surface area contributed by atoms with E-state index >= 15 is 0 Å². The quantitative estimate of drug-likeness (QED) is 0.849. The molecule has 4 nitrogen and oxygen atoms in total. The lowest BCUT2D eigenvalue weighted by molar-refractivity contribution is 0.126. The summed E-state index contributed by atoms with van der Waals surface area (Å²) in [5, 5.41) is 9.83. The van der Waals surface area contributed by atoms with Gasteiger partial charge in [-0.05, 0) is 25.2 Å². The minimum absolute atomic E-state index is 0.0237. The van der Waals surface area contributed by atoms with E-state index in [0.717, 1.165) is 24.5 Å². The first-order valence-electron chi connectivity index (χ1n) is 5.68. The molecule has 0 fully saturated rings. The molecule has 1 N–H and O–H groups in total. The number of rotatable bonds is 6. The SMILES string of the molecule is CN(CCS(C)(=O)=O)CC(O)c1cc(F)ccc1F. The van der Waals surface area contributed by atoms with E-state index in [4.69, 9.17) is 0 Å². The highest BCUT2D eigenvalue weighted by Gasteiger charge is 2.16. The Balaban J connectivity index is 2.63. The normalized spacial score (nSPS) is 13.8. The van der Waals surface area contributed by atoms with Gasteiger partial charge in [0.15, 0.2) is 0 Å². The van der Waals surface area contributed by atoms with E-state index in [9.17, 15) is 22.3 Å². The van der Waals surface area contributed by atoms with Gasteiger partial charge < -0.3 is 10.0 Å². The Hall–Kier alpha value is -1.05. The van der Waals surface area contributed by atoms with E-state index < -0.39 is 27.6 Å². The fraction of sp³-hybridized carbons (Fsp3) is 0.500. The number of sulfone groups is 1. The zero-order valence-corrected chi connectivity index (χ0v) is 11.6. The maximum absolute atomic E-state index is 13.4. The van der Waals surface area contributed by atoms with E-state index in [1.165, 1.54) is 0 Å². The van der Waals surface area contributed by atoms with E-state index in [1.54, 1.807) is 11.9 Å². The first kappa shape index (κ1) is 16.0. The summed E-state index contributed by atoms with van der Waals surface area (Å²) in [5.41, 5.74) is -0.133. The van der Waals surface area contributed by atoms with Crippen molar-refractivity contribution < 1.29 is 22.3 Å². The summed E-state index contributed by atoms with van der Waals surface area (Å²) >= 11 is 0. The zero-order valence-electron chi connectivity index (χ0n) is 10.8. The van der Waals surface area contributed by atoms with Gasteiger partial charge in [-0.15, -0.1) is 0 Å². The van der Waals surface area contributed by atoms with E-state index in [1.807, 2.05) is 0 Å². The van der Waals surface area contributed by atoms with Crippen molar-refractivity contribution in [1.29, 1.82) is 0 Å². The van der Waals surface area contributed by atoms with Gasteiger partial charge in [0.1, 0.15) is 21.5 Å². The molecule has 1 unspecified atom stereocenters. The fourth-order valence-corrected chi connectivity index (χ4v) is 2.22. The number of aliphatic hydroxyl groups excluding tert-OH is 1. The van der Waals surface area contributed by atoms with Crippen LogP contribution in [0.15, 0.2) is 18.2 Å². The fourth-order valence-electron chi connectivity index (χ4n) is 1.58. The molecule has 0 amide bonds. The molecule has 0 saturated carbocycles. The van der Waals surface area contributed by atoms with Crippen LogP contribution in [0, 0.1) is 11.6 Å². The third-order valence-electron chi connectivity index (χ3n) is 2.65. The molecule has 0 spiro atoms. The van der Waals surface area contributed by atoms with Crippen LogP contribution >= 0.6 is 0 Å². The lowest BCUT2D eigenvalue weighted by Gasteiger charge is -2.20. The van der Waals surface area contributed by atoms with Gasteiger partial charge in [0, 0.05) is 24.9 Å². The van der Waals surface area contributed by atoms with Crippen LogP contribution in [0.5, 0.6) is 0 Å². The molecule has 0 aliphatic carbocycles. The van der Waals surface area contributed by atoms with Gasteiger partial charge in [-0.2, -0.15) is 0 Å². The Bertz CT molecular complexity index is 534. The molecule has 0 bridgehead atoms. The highest BCUT2D eigenvalue weighted by Crippen LogP contribution is 2.19. The second-order valence-electron chi connectivity index (χ2n) is 4.57. The molecule has 0 saturated heterocycles. The molecule has 1 aromatic rings. The van der Waals surface area contributed by atoms with Crippen molar-refractivity contribution >= 4 is 9.84 Å². The monoisotopic (exact) mass is 293 g/mol. The molecule has 0 radical (unpaired) electrons. The molecular formula is C12H17F2NO3S. The Kier molecular flexibility index (Phi) is 5.39. The van der Waals surface area contributed by atoms with Crippen LogP contribution in [-0.4, -0.2) is 50.6 Å². The maximum atomic E-state index is 13.4. The summed E-state index contributed by atoms with van der Waals surface area (Å²) in [7, 11) is -1.49. The lowest BCUT2D eigenvalue weighted by atomic mass is 10.1. The smallest absolute Gasteiger partial charge is 0.148 e. The van der Waals surface area contributed by atoms with Gasteiger partial charge in [0.2, 0.25) is 0 Å². The highest BCUT2D eigenvalue weighted by atomic mass is 32.2. The highest BCUT2D eigenvalue weighted by molar-refractivity contribution is 7.90. The number of halogens is 2. The first-order valence-corrected chi connectivity index (χ1v) is 7.74. The predicted octanol–water partition coefficient (Wildman–Crippen LogP) is 0.975. The summed E-state index contributed by atoms with van der Waals surface area (Å²) in [6.45, 7) is 0.239. The van der Waals surface area contributed by atoms with Gasteiger partial charge in [-0.1, -0.05) is 0 Å². The third-order valence-corrected chi connectivity index (χ3v) is 3.57. The van der Waals surface area contributed by atoms with Gasteiger partial charge >= 0.3 is 0 Å². The first-order chi connectivity index (χ1) is 8.69. The van der Waals surface area contributed by atoms with Crippen molar-refractivity contribution in [3.05, 3.63) is 35.4 Å². The van der Waals surface area contributed by atoms with Crippen LogP contribution < -0.4 is 0 Å². The molecule has 0 aliphatic heterocycles. The number of likely N-dealkylation sites (N-methyl/N-ethyl adjacent to an activating group) is 1. The van der Waals surface area contributed by atoms with Crippen molar-refractivity contribution in [3.63, 3.8) is 0 Å². The minimum Gasteiger partial charge on any atom is -0.387 e. The topological polar surface area (TPSA) is 57.6 Å². The molecule has 19 heavy (non-hydrogen) atoms. The number of hydrogen-bond acceptors (Lipinski definition) is 4. The Morgan fingerprint density at radius 3 is 2.58 bits per heavy atom. The molecular weight excluding hydrogens is 276 g/mol. The summed E-state index contributed by atoms with van der Waals surface area (Å²) < 4.78 is 48.4. The second-order valence-corrected chi connectivity index (χ2v) is 6.83. The largest absolute Gasteiger partial charge is 0.387 e. The van der Waals surface area contributed by atoms with Crippen LogP contribution in [-0.2, 0) is 9.84 Å². The molecule has 108 valence electrons. The molecule has 0 aromatic heterocycles. The number of aliphatic hydroxyl groups is 1. The van der Waals surface area contributed by atoms with Crippen molar-refractivity contribution in [2.75, 3.05) is 32.1 Å². The predicted molar refractivity (Wildman–Crippen MR) is 68.5 cm³/mol. The summed E-state index contributed by atoms with van der Waals surface area (Å²) in [6, 6.07) is 2.85. The Morgan fingerprint density at radius 2 is 2.00 bits per heavy atom. The number of hydrogen-bond donors (Lipinski definition) is 1. The minimum atomic E-state index is -3.09. The number of benzene rings is 1. The average molecular weight is 293 g/mol. The molecule has 7 heteroatoms. The van der Waals surface area contributed by atoms with Crippen LogP contribution in [0.4, 0.5) is 8.78 Å². The van der Waals surface area contributed by atoms with Crippen molar-refractivity contribution in [2.45, 2.75) is 6.10 Å². The van der Waals surface area contributed by atoms with Crippen LogP contribution in [0.1, 0.15) is 11.7 Å². The van der Waals surface area contributed by atoms with E-state index in [0.29, 0.717) is 0 Å². The Labute approximate surface area is 111 Å². The number of nitrogens with zero attached hydrogens (tertiary/aromatic N) is 1. The van der Waals surface area contributed by atoms with E-state index in [-0.39, 0.29) is 24.4 Å². The molecule has 0 heterocycles. The average Bonchev–Trinajstić information content (AvgIpc) is 2.28. The van der Waals surface area contributed by atoms with Crippen LogP contribution in [0.25, 0.3) is 0 Å². The molecule has 0 aliphatic rings. The van der Waals surface area contributed by atoms with Crippen molar-refractivity contribution in [1.82, 2.24) is 4.90 Å². The standard InChI is InChI=1S/C12H17F2NO3S/c1-15(5-6-19(2,17)18)8-12(16)10-7-9(13)3-4-11(10)14/h3-4,7,12,16H,5-6,8H2,1-2H3. The van der Waals surface area contributed by atoms with Crippen molar-refractivity contribution in [2.24, 2.45) is 0 Å². The summed E-state index contributed by atoms with van der Waals surface area (Å²) in [4.78, 5) is 1.55. The second kappa shape index (κ2) is 6.40. The van der Waals surface area contributed by atoms with Crippen LogP contribution in [0.3, 0.4) is 0 Å². The molecule has 1 aromatic carbocycles. The lowest BCUT2D eigenvalue weighted by Crippen LogP contribution is -2.29. The van der Waals surface area contributed by atoms with Gasteiger partial charge in [0.25, 0.3) is 0 Å². The third kappa shape index (κ3) is 5.63. The Morgan fingerprint density at radius 1 is 1.37 bits per heavy atom. The van der Waals surface area contributed by atoms with Crippen LogP contribution in [0.2, 0.25) is 0 Å².